The van der Waals surface area contributed by atoms with Gasteiger partial charge in [0.15, 0.2) is 0 Å². The lowest BCUT2D eigenvalue weighted by Gasteiger charge is -2.56. The van der Waals surface area contributed by atoms with Crippen LogP contribution in [-0.4, -0.2) is 49.0 Å². The Morgan fingerprint density at radius 2 is 1.79 bits per heavy atom. The predicted octanol–water partition coefficient (Wildman–Crippen LogP) is 3.58. The van der Waals surface area contributed by atoms with Gasteiger partial charge in [-0.2, -0.15) is 0 Å². The summed E-state index contributed by atoms with van der Waals surface area (Å²) in [5, 5.41) is 0. The fourth-order valence-electron chi connectivity index (χ4n) is 3.69. The van der Waals surface area contributed by atoms with Gasteiger partial charge in [-0.15, -0.1) is 0 Å². The number of unbranched alkanes of at least 4 members (excludes halogenated alkanes) is 1. The summed E-state index contributed by atoms with van der Waals surface area (Å²) in [5.74, 6) is 2.13. The van der Waals surface area contributed by atoms with E-state index in [1.165, 1.54) is 5.57 Å². The van der Waals surface area contributed by atoms with Crippen molar-refractivity contribution in [1.29, 1.82) is 0 Å². The summed E-state index contributed by atoms with van der Waals surface area (Å²) < 4.78 is 17.3. The highest BCUT2D eigenvalue weighted by molar-refractivity contribution is 6.51. The molecule has 24 heavy (non-hydrogen) atoms. The SMILES string of the molecule is CCCCOC(=O)N1CC2(CC(=CB3OC(C)(C)C(C)(C)O3)C2)C1. The minimum absolute atomic E-state index is 0.155. The topological polar surface area (TPSA) is 48.0 Å². The maximum Gasteiger partial charge on any atom is 0.487 e. The molecule has 0 unspecified atom stereocenters. The molecule has 0 N–H and O–H groups in total. The van der Waals surface area contributed by atoms with Gasteiger partial charge in [0.25, 0.3) is 0 Å². The molecule has 1 aliphatic carbocycles. The molecule has 1 spiro atoms. The molecular formula is C18H30BNO4. The average Bonchev–Trinajstić information content (AvgIpc) is 2.58. The van der Waals surface area contributed by atoms with Gasteiger partial charge in [0.2, 0.25) is 0 Å². The van der Waals surface area contributed by atoms with Crippen LogP contribution in [0.3, 0.4) is 0 Å². The zero-order valence-electron chi connectivity index (χ0n) is 15.7. The summed E-state index contributed by atoms with van der Waals surface area (Å²) in [7, 11) is -0.252. The highest BCUT2D eigenvalue weighted by atomic mass is 16.7. The standard InChI is InChI=1S/C18H30BNO4/c1-6-7-8-22-15(21)20-12-18(13-20)9-14(10-18)11-19-23-16(2,3)17(4,5)24-19/h11H,6-10,12-13H2,1-5H3. The predicted molar refractivity (Wildman–Crippen MR) is 93.7 cm³/mol. The maximum atomic E-state index is 11.9. The van der Waals surface area contributed by atoms with Crippen molar-refractivity contribution in [1.82, 2.24) is 4.90 Å². The van der Waals surface area contributed by atoms with Crippen molar-refractivity contribution in [2.75, 3.05) is 19.7 Å². The van der Waals surface area contributed by atoms with E-state index in [9.17, 15) is 4.79 Å². The summed E-state index contributed by atoms with van der Waals surface area (Å²) in [5.41, 5.74) is 1.09. The van der Waals surface area contributed by atoms with Crippen molar-refractivity contribution < 1.29 is 18.8 Å². The number of likely N-dealkylation sites (tertiary alicyclic amines) is 1. The van der Waals surface area contributed by atoms with E-state index >= 15 is 0 Å². The Labute approximate surface area is 145 Å². The Morgan fingerprint density at radius 3 is 2.33 bits per heavy atom. The van der Waals surface area contributed by atoms with Gasteiger partial charge in [-0.25, -0.2) is 4.79 Å². The van der Waals surface area contributed by atoms with E-state index < -0.39 is 0 Å². The van der Waals surface area contributed by atoms with E-state index in [-0.39, 0.29) is 29.8 Å². The van der Waals surface area contributed by atoms with E-state index in [4.69, 9.17) is 14.0 Å². The van der Waals surface area contributed by atoms with Gasteiger partial charge in [0, 0.05) is 18.5 Å². The van der Waals surface area contributed by atoms with Crippen molar-refractivity contribution in [3.8, 4) is 0 Å². The van der Waals surface area contributed by atoms with Crippen molar-refractivity contribution >= 4 is 13.2 Å². The second kappa shape index (κ2) is 6.06. The molecule has 1 amide bonds. The second-order valence-corrected chi connectivity index (χ2v) is 8.63. The van der Waals surface area contributed by atoms with Gasteiger partial charge < -0.3 is 18.9 Å². The zero-order valence-corrected chi connectivity index (χ0v) is 15.7. The molecule has 3 aliphatic rings. The maximum absolute atomic E-state index is 11.9. The lowest BCUT2D eigenvalue weighted by molar-refractivity contribution is -0.0274. The summed E-state index contributed by atoms with van der Waals surface area (Å²) in [4.78, 5) is 13.7. The van der Waals surface area contributed by atoms with Crippen molar-refractivity contribution in [2.24, 2.45) is 5.41 Å². The number of nitrogens with zero attached hydrogens (tertiary/aromatic N) is 1. The van der Waals surface area contributed by atoms with Crippen molar-refractivity contribution in [3.05, 3.63) is 11.5 Å². The Balaban J connectivity index is 1.43. The van der Waals surface area contributed by atoms with Crippen LogP contribution in [-0.2, 0) is 14.0 Å². The van der Waals surface area contributed by atoms with Crippen LogP contribution in [0.2, 0.25) is 0 Å². The van der Waals surface area contributed by atoms with Crippen LogP contribution in [0.1, 0.15) is 60.3 Å². The number of amides is 1. The highest BCUT2D eigenvalue weighted by Crippen LogP contribution is 2.52. The lowest BCUT2D eigenvalue weighted by Crippen LogP contribution is -2.62. The van der Waals surface area contributed by atoms with Crippen LogP contribution in [0.15, 0.2) is 11.5 Å². The molecule has 0 atom stereocenters. The fraction of sp³-hybridized carbons (Fsp3) is 0.833. The van der Waals surface area contributed by atoms with Gasteiger partial charge in [-0.05, 0) is 47.0 Å². The number of hydrogen-bond donors (Lipinski definition) is 0. The molecule has 2 aliphatic heterocycles. The summed E-state index contributed by atoms with van der Waals surface area (Å²) in [6, 6.07) is 0. The Kier molecular flexibility index (Phi) is 4.50. The molecule has 0 aromatic heterocycles. The quantitative estimate of drug-likeness (QED) is 0.582. The molecule has 0 bridgehead atoms. The summed E-state index contributed by atoms with van der Waals surface area (Å²) in [6.07, 6.45) is 3.90. The third kappa shape index (κ3) is 3.23. The van der Waals surface area contributed by atoms with Gasteiger partial charge in [0.05, 0.1) is 17.8 Å². The van der Waals surface area contributed by atoms with E-state index in [1.54, 1.807) is 0 Å². The number of carbonyl (C=O) groups is 1. The molecule has 134 valence electrons. The molecular weight excluding hydrogens is 305 g/mol. The first-order valence-electron chi connectivity index (χ1n) is 9.13. The molecule has 0 aromatic rings. The van der Waals surface area contributed by atoms with Gasteiger partial charge in [-0.3, -0.25) is 0 Å². The Hall–Kier alpha value is -1.01. The monoisotopic (exact) mass is 335 g/mol. The fourth-order valence-corrected chi connectivity index (χ4v) is 3.69. The second-order valence-electron chi connectivity index (χ2n) is 8.63. The molecule has 3 fully saturated rings. The first-order valence-corrected chi connectivity index (χ1v) is 9.13. The molecule has 0 aromatic carbocycles. The normalized spacial score (nSPS) is 26.1. The van der Waals surface area contributed by atoms with Gasteiger partial charge in [-0.1, -0.05) is 24.9 Å². The zero-order chi connectivity index (χ0) is 17.6. The summed E-state index contributed by atoms with van der Waals surface area (Å²) >= 11 is 0. The van der Waals surface area contributed by atoms with Crippen LogP contribution < -0.4 is 0 Å². The number of ether oxygens (including phenoxy) is 1. The molecule has 2 heterocycles. The van der Waals surface area contributed by atoms with E-state index in [0.717, 1.165) is 38.8 Å². The van der Waals surface area contributed by atoms with Crippen LogP contribution in [0.4, 0.5) is 4.79 Å². The lowest BCUT2D eigenvalue weighted by atomic mass is 9.59. The van der Waals surface area contributed by atoms with Crippen LogP contribution in [0.5, 0.6) is 0 Å². The largest absolute Gasteiger partial charge is 0.487 e. The number of carbonyl (C=O) groups excluding carboxylic acids is 1. The van der Waals surface area contributed by atoms with Gasteiger partial charge >= 0.3 is 13.2 Å². The molecule has 0 radical (unpaired) electrons. The number of allylic oxidation sites excluding steroid dienone is 1. The van der Waals surface area contributed by atoms with Crippen LogP contribution in [0, 0.1) is 5.41 Å². The number of hydrogen-bond acceptors (Lipinski definition) is 4. The van der Waals surface area contributed by atoms with Crippen LogP contribution >= 0.6 is 0 Å². The third-order valence-corrected chi connectivity index (χ3v) is 5.88. The minimum Gasteiger partial charge on any atom is -0.449 e. The molecule has 2 saturated heterocycles. The Morgan fingerprint density at radius 1 is 1.21 bits per heavy atom. The van der Waals surface area contributed by atoms with E-state index in [2.05, 4.69) is 40.6 Å². The van der Waals surface area contributed by atoms with Crippen molar-refractivity contribution in [3.63, 3.8) is 0 Å². The highest BCUT2D eigenvalue weighted by Gasteiger charge is 2.54. The summed E-state index contributed by atoms with van der Waals surface area (Å²) in [6.45, 7) is 12.5. The average molecular weight is 335 g/mol. The van der Waals surface area contributed by atoms with Crippen molar-refractivity contribution in [2.45, 2.75) is 71.5 Å². The van der Waals surface area contributed by atoms with Gasteiger partial charge in [0.1, 0.15) is 0 Å². The third-order valence-electron chi connectivity index (χ3n) is 5.88. The first kappa shape index (κ1) is 17.8. The first-order chi connectivity index (χ1) is 11.2. The molecule has 5 nitrogen and oxygen atoms in total. The molecule has 1 saturated carbocycles. The van der Waals surface area contributed by atoms with E-state index in [1.807, 2.05) is 4.90 Å². The van der Waals surface area contributed by atoms with Crippen LogP contribution in [0.25, 0.3) is 0 Å². The molecule has 3 rings (SSSR count). The van der Waals surface area contributed by atoms with E-state index in [0.29, 0.717) is 6.61 Å². The Bertz CT molecular complexity index is 511. The number of rotatable bonds is 4. The smallest absolute Gasteiger partial charge is 0.449 e. The molecule has 6 heteroatoms. The minimum atomic E-state index is -0.286.